The topological polar surface area (TPSA) is 52.8 Å². The number of aromatic nitrogens is 1. The van der Waals surface area contributed by atoms with Gasteiger partial charge in [-0.25, -0.2) is 0 Å². The molecule has 0 N–H and O–H groups in total. The van der Waals surface area contributed by atoms with E-state index in [1.54, 1.807) is 20.3 Å². The predicted molar refractivity (Wildman–Crippen MR) is 97.4 cm³/mol. The summed E-state index contributed by atoms with van der Waals surface area (Å²) in [5.41, 5.74) is 0.918. The number of thiophene rings is 1. The molecule has 5 nitrogen and oxygen atoms in total. The molecule has 3 aromatic rings. The van der Waals surface area contributed by atoms with E-state index in [0.717, 1.165) is 34.7 Å². The maximum Gasteiger partial charge on any atom is 0.289 e. The van der Waals surface area contributed by atoms with Gasteiger partial charge in [0, 0.05) is 6.54 Å². The lowest BCUT2D eigenvalue weighted by Gasteiger charge is -2.09. The van der Waals surface area contributed by atoms with Crippen molar-refractivity contribution < 1.29 is 14.3 Å². The van der Waals surface area contributed by atoms with Gasteiger partial charge < -0.3 is 14.0 Å². The van der Waals surface area contributed by atoms with Gasteiger partial charge in [0.15, 0.2) is 4.80 Å². The van der Waals surface area contributed by atoms with E-state index in [1.807, 2.05) is 28.1 Å². The molecular formula is C17H18N2O3S2. The van der Waals surface area contributed by atoms with Crippen LogP contribution in [0.25, 0.3) is 10.2 Å². The molecule has 126 valence electrons. The first-order valence-corrected chi connectivity index (χ1v) is 9.26. The highest BCUT2D eigenvalue weighted by molar-refractivity contribution is 7.17. The number of benzene rings is 1. The van der Waals surface area contributed by atoms with Crippen molar-refractivity contribution in [1.29, 1.82) is 0 Å². The Hall–Kier alpha value is -2.12. The number of nitrogens with zero attached hydrogens (tertiary/aromatic N) is 2. The lowest BCUT2D eigenvalue weighted by atomic mass is 10.3. The molecule has 1 aromatic carbocycles. The molecule has 0 saturated heterocycles. The van der Waals surface area contributed by atoms with Crippen molar-refractivity contribution in [2.75, 3.05) is 14.2 Å². The van der Waals surface area contributed by atoms with Gasteiger partial charge in [0.2, 0.25) is 0 Å². The van der Waals surface area contributed by atoms with E-state index < -0.39 is 0 Å². The molecule has 0 atom stereocenters. The molecule has 0 fully saturated rings. The first-order valence-electron chi connectivity index (χ1n) is 7.56. The van der Waals surface area contributed by atoms with E-state index >= 15 is 0 Å². The highest BCUT2D eigenvalue weighted by Gasteiger charge is 2.16. The van der Waals surface area contributed by atoms with E-state index in [-0.39, 0.29) is 5.91 Å². The molecule has 0 saturated carbocycles. The number of amides is 1. The van der Waals surface area contributed by atoms with Crippen LogP contribution in [-0.2, 0) is 6.54 Å². The number of thiazole rings is 1. The standard InChI is InChI=1S/C17H18N2O3S2/c1-4-9-19-14-11(21-2)7-8-12(22-3)15(14)24-17(19)18-16(20)13-6-5-10-23-13/h5-8,10H,4,9H2,1-3H3. The number of carbonyl (C=O) groups is 1. The summed E-state index contributed by atoms with van der Waals surface area (Å²) in [6.07, 6.45) is 0.923. The van der Waals surface area contributed by atoms with Crippen LogP contribution in [0.1, 0.15) is 23.0 Å². The summed E-state index contributed by atoms with van der Waals surface area (Å²) >= 11 is 2.84. The van der Waals surface area contributed by atoms with Crippen molar-refractivity contribution in [2.24, 2.45) is 4.99 Å². The molecule has 1 amide bonds. The molecule has 0 spiro atoms. The molecule has 24 heavy (non-hydrogen) atoms. The number of aryl methyl sites for hydroxylation is 1. The van der Waals surface area contributed by atoms with E-state index in [4.69, 9.17) is 9.47 Å². The number of hydrogen-bond donors (Lipinski definition) is 0. The molecular weight excluding hydrogens is 344 g/mol. The Labute approximate surface area is 147 Å². The van der Waals surface area contributed by atoms with Crippen molar-refractivity contribution in [1.82, 2.24) is 4.57 Å². The normalized spacial score (nSPS) is 11.9. The summed E-state index contributed by atoms with van der Waals surface area (Å²) in [5.74, 6) is 1.28. The van der Waals surface area contributed by atoms with Crippen LogP contribution in [0.5, 0.6) is 11.5 Å². The van der Waals surface area contributed by atoms with Crippen LogP contribution in [0.2, 0.25) is 0 Å². The zero-order valence-electron chi connectivity index (χ0n) is 13.7. The van der Waals surface area contributed by atoms with Crippen LogP contribution < -0.4 is 14.3 Å². The van der Waals surface area contributed by atoms with Crippen LogP contribution in [0.3, 0.4) is 0 Å². The highest BCUT2D eigenvalue weighted by Crippen LogP contribution is 2.35. The quantitative estimate of drug-likeness (QED) is 0.691. The summed E-state index contributed by atoms with van der Waals surface area (Å²) < 4.78 is 13.9. The number of hydrogen-bond acceptors (Lipinski definition) is 5. The second-order valence-electron chi connectivity index (χ2n) is 5.08. The van der Waals surface area contributed by atoms with Crippen molar-refractivity contribution in [2.45, 2.75) is 19.9 Å². The first kappa shape index (κ1) is 16.7. The number of ether oxygens (including phenoxy) is 2. The SMILES string of the molecule is CCCn1c(=NC(=O)c2cccs2)sc2c(OC)ccc(OC)c21. The summed E-state index contributed by atoms with van der Waals surface area (Å²) in [7, 11) is 3.28. The van der Waals surface area contributed by atoms with E-state index in [1.165, 1.54) is 22.7 Å². The Balaban J connectivity index is 2.27. The maximum absolute atomic E-state index is 12.4. The smallest absolute Gasteiger partial charge is 0.289 e. The van der Waals surface area contributed by atoms with Crippen molar-refractivity contribution >= 4 is 38.8 Å². The molecule has 2 aromatic heterocycles. The third-order valence-electron chi connectivity index (χ3n) is 3.57. The minimum Gasteiger partial charge on any atom is -0.495 e. The molecule has 0 bridgehead atoms. The third-order valence-corrected chi connectivity index (χ3v) is 5.52. The minimum absolute atomic E-state index is 0.223. The van der Waals surface area contributed by atoms with Crippen LogP contribution in [0, 0.1) is 0 Å². The average molecular weight is 362 g/mol. The van der Waals surface area contributed by atoms with Crippen molar-refractivity contribution in [3.63, 3.8) is 0 Å². The van der Waals surface area contributed by atoms with Crippen molar-refractivity contribution in [3.05, 3.63) is 39.3 Å². The van der Waals surface area contributed by atoms with Gasteiger partial charge >= 0.3 is 0 Å². The third kappa shape index (κ3) is 2.97. The minimum atomic E-state index is -0.223. The Kier molecular flexibility index (Phi) is 5.01. The number of methoxy groups -OCH3 is 2. The molecule has 0 aliphatic rings. The Morgan fingerprint density at radius 3 is 2.58 bits per heavy atom. The maximum atomic E-state index is 12.4. The van der Waals surface area contributed by atoms with E-state index in [9.17, 15) is 4.79 Å². The first-order chi connectivity index (χ1) is 11.7. The lowest BCUT2D eigenvalue weighted by molar-refractivity contribution is 0.100. The summed E-state index contributed by atoms with van der Waals surface area (Å²) in [6.45, 7) is 2.84. The fourth-order valence-corrected chi connectivity index (χ4v) is 4.28. The second-order valence-corrected chi connectivity index (χ2v) is 7.00. The van der Waals surface area contributed by atoms with Crippen LogP contribution in [0.4, 0.5) is 0 Å². The van der Waals surface area contributed by atoms with E-state index in [2.05, 4.69) is 11.9 Å². The molecule has 0 aliphatic carbocycles. The summed E-state index contributed by atoms with van der Waals surface area (Å²) in [5, 5.41) is 1.87. The summed E-state index contributed by atoms with van der Waals surface area (Å²) in [4.78, 5) is 18.0. The molecule has 0 unspecified atom stereocenters. The molecule has 0 aliphatic heterocycles. The average Bonchev–Trinajstić information content (AvgIpc) is 3.23. The highest BCUT2D eigenvalue weighted by atomic mass is 32.1. The van der Waals surface area contributed by atoms with E-state index in [0.29, 0.717) is 9.68 Å². The fraction of sp³-hybridized carbons (Fsp3) is 0.294. The van der Waals surface area contributed by atoms with Gasteiger partial charge in [-0.2, -0.15) is 4.99 Å². The Bertz CT molecular complexity index is 923. The van der Waals surface area contributed by atoms with Crippen LogP contribution in [0.15, 0.2) is 34.6 Å². The van der Waals surface area contributed by atoms with Gasteiger partial charge in [-0.3, -0.25) is 4.79 Å². The molecule has 7 heteroatoms. The summed E-state index contributed by atoms with van der Waals surface area (Å²) in [6, 6.07) is 7.39. The number of rotatable bonds is 5. The zero-order valence-corrected chi connectivity index (χ0v) is 15.4. The predicted octanol–water partition coefficient (Wildman–Crippen LogP) is 3.93. The monoisotopic (exact) mass is 362 g/mol. The van der Waals surface area contributed by atoms with Crippen molar-refractivity contribution in [3.8, 4) is 11.5 Å². The largest absolute Gasteiger partial charge is 0.495 e. The Morgan fingerprint density at radius 1 is 1.21 bits per heavy atom. The van der Waals surface area contributed by atoms with Gasteiger partial charge in [-0.1, -0.05) is 24.3 Å². The molecule has 3 rings (SSSR count). The second kappa shape index (κ2) is 7.19. The molecule has 2 heterocycles. The van der Waals surface area contributed by atoms with Gasteiger partial charge in [-0.15, -0.1) is 11.3 Å². The lowest BCUT2D eigenvalue weighted by Crippen LogP contribution is -2.17. The van der Waals surface area contributed by atoms with Gasteiger partial charge in [0.25, 0.3) is 5.91 Å². The van der Waals surface area contributed by atoms with Gasteiger partial charge in [0.05, 0.1) is 19.1 Å². The van der Waals surface area contributed by atoms with Crippen LogP contribution >= 0.6 is 22.7 Å². The number of carbonyl (C=O) groups excluding carboxylic acids is 1. The van der Waals surface area contributed by atoms with Gasteiger partial charge in [-0.05, 0) is 30.0 Å². The van der Waals surface area contributed by atoms with Crippen LogP contribution in [-0.4, -0.2) is 24.7 Å². The molecule has 0 radical (unpaired) electrons. The fourth-order valence-electron chi connectivity index (χ4n) is 2.51. The number of fused-ring (bicyclic) bond motifs is 1. The van der Waals surface area contributed by atoms with Gasteiger partial charge in [0.1, 0.15) is 21.7 Å². The Morgan fingerprint density at radius 2 is 1.96 bits per heavy atom. The zero-order chi connectivity index (χ0) is 17.1.